The van der Waals surface area contributed by atoms with Gasteiger partial charge in [-0.15, -0.1) is 0 Å². The van der Waals surface area contributed by atoms with Crippen molar-refractivity contribution in [2.24, 2.45) is 5.92 Å². The zero-order valence-electron chi connectivity index (χ0n) is 15.0. The monoisotopic (exact) mass is 349 g/mol. The minimum absolute atomic E-state index is 0.155. The number of nitrogens with one attached hydrogen (secondary N) is 1. The fraction of sp³-hybridized carbons (Fsp3) is 0.706. The minimum atomic E-state index is -0.155. The largest absolute Gasteiger partial charge is 0.360 e. The number of rotatable bonds is 3. The number of hydrogen-bond acceptors (Lipinski definition) is 5. The second kappa shape index (κ2) is 7.86. The Morgan fingerprint density at radius 3 is 2.44 bits per heavy atom. The van der Waals surface area contributed by atoms with Crippen LogP contribution in [0.4, 0.5) is 10.6 Å². The first-order valence-corrected chi connectivity index (χ1v) is 8.97. The molecule has 2 aliphatic heterocycles. The van der Waals surface area contributed by atoms with E-state index in [-0.39, 0.29) is 11.9 Å². The molecule has 1 N–H and O–H groups in total. The van der Waals surface area contributed by atoms with Crippen molar-refractivity contribution in [3.8, 4) is 0 Å². The van der Waals surface area contributed by atoms with E-state index in [2.05, 4.69) is 22.4 Å². The second-order valence-electron chi connectivity index (χ2n) is 7.07. The summed E-state index contributed by atoms with van der Waals surface area (Å²) < 4.78 is 4.95. The molecule has 0 radical (unpaired) electrons. The summed E-state index contributed by atoms with van der Waals surface area (Å²) in [6, 6.07) is 1.54. The number of piperidine rings is 1. The lowest BCUT2D eigenvalue weighted by atomic mass is 9.93. The van der Waals surface area contributed by atoms with Crippen molar-refractivity contribution in [1.82, 2.24) is 19.9 Å². The zero-order valence-corrected chi connectivity index (χ0v) is 15.0. The third-order valence-electron chi connectivity index (χ3n) is 5.08. The van der Waals surface area contributed by atoms with Crippen molar-refractivity contribution in [3.63, 3.8) is 0 Å². The molecule has 1 aromatic rings. The molecule has 3 rings (SSSR count). The van der Waals surface area contributed by atoms with Crippen LogP contribution in [-0.2, 0) is 4.79 Å². The number of hydrogen-bond donors (Lipinski definition) is 1. The minimum Gasteiger partial charge on any atom is -0.360 e. The first-order chi connectivity index (χ1) is 12.0. The average molecular weight is 349 g/mol. The van der Waals surface area contributed by atoms with Crippen LogP contribution in [0.3, 0.4) is 0 Å². The smallest absolute Gasteiger partial charge is 0.323 e. The molecule has 8 heteroatoms. The molecule has 0 spiro atoms. The Bertz CT molecular complexity index is 601. The zero-order chi connectivity index (χ0) is 17.8. The van der Waals surface area contributed by atoms with Gasteiger partial charge in [-0.3, -0.25) is 10.1 Å². The molecule has 0 saturated carbocycles. The van der Waals surface area contributed by atoms with Gasteiger partial charge in [0.25, 0.3) is 0 Å². The number of amides is 3. The number of aromatic nitrogens is 1. The molecule has 2 saturated heterocycles. The van der Waals surface area contributed by atoms with Gasteiger partial charge >= 0.3 is 6.03 Å². The quantitative estimate of drug-likeness (QED) is 0.892. The number of likely N-dealkylation sites (N-methyl/N-ethyl adjacent to an activating group) is 1. The molecule has 2 aliphatic rings. The van der Waals surface area contributed by atoms with Crippen LogP contribution < -0.4 is 5.32 Å². The van der Waals surface area contributed by atoms with Gasteiger partial charge < -0.3 is 19.2 Å². The number of piperazine rings is 1. The molecular formula is C17H27N5O3. The lowest BCUT2D eigenvalue weighted by molar-refractivity contribution is -0.134. The van der Waals surface area contributed by atoms with E-state index in [1.807, 2.05) is 4.90 Å². The number of urea groups is 1. The van der Waals surface area contributed by atoms with Gasteiger partial charge in [-0.2, -0.15) is 0 Å². The van der Waals surface area contributed by atoms with Gasteiger partial charge in [0.05, 0.1) is 0 Å². The summed E-state index contributed by atoms with van der Waals surface area (Å²) in [5, 5.41) is 6.52. The van der Waals surface area contributed by atoms with E-state index in [0.717, 1.165) is 39.0 Å². The maximum atomic E-state index is 12.4. The van der Waals surface area contributed by atoms with Crippen molar-refractivity contribution in [2.45, 2.75) is 26.2 Å². The van der Waals surface area contributed by atoms with Gasteiger partial charge in [-0.05, 0) is 32.7 Å². The van der Waals surface area contributed by atoms with Gasteiger partial charge in [-0.1, -0.05) is 5.16 Å². The van der Waals surface area contributed by atoms with Crippen LogP contribution in [0, 0.1) is 12.8 Å². The Labute approximate surface area is 148 Å². The molecule has 0 aromatic carbocycles. The summed E-state index contributed by atoms with van der Waals surface area (Å²) >= 11 is 0. The maximum absolute atomic E-state index is 12.4. The molecule has 25 heavy (non-hydrogen) atoms. The number of carbonyl (C=O) groups excluding carboxylic acids is 2. The molecule has 0 aliphatic carbocycles. The third-order valence-corrected chi connectivity index (χ3v) is 5.08. The highest BCUT2D eigenvalue weighted by Gasteiger charge is 2.27. The fourth-order valence-electron chi connectivity index (χ4n) is 3.39. The van der Waals surface area contributed by atoms with Crippen molar-refractivity contribution in [2.75, 3.05) is 51.6 Å². The molecule has 8 nitrogen and oxygen atoms in total. The Morgan fingerprint density at radius 2 is 1.84 bits per heavy atom. The highest BCUT2D eigenvalue weighted by Crippen LogP contribution is 2.22. The van der Waals surface area contributed by atoms with Gasteiger partial charge in [-0.25, -0.2) is 4.79 Å². The van der Waals surface area contributed by atoms with Crippen LogP contribution in [0.2, 0.25) is 0 Å². The van der Waals surface area contributed by atoms with E-state index in [9.17, 15) is 9.59 Å². The predicted octanol–water partition coefficient (Wildman–Crippen LogP) is 1.39. The van der Waals surface area contributed by atoms with Gasteiger partial charge in [0, 0.05) is 51.8 Å². The lowest BCUT2D eigenvalue weighted by Gasteiger charge is -2.35. The van der Waals surface area contributed by atoms with E-state index in [4.69, 9.17) is 4.52 Å². The molecule has 3 heterocycles. The fourth-order valence-corrected chi connectivity index (χ4v) is 3.39. The Hall–Kier alpha value is -2.09. The average Bonchev–Trinajstić information content (AvgIpc) is 3.01. The van der Waals surface area contributed by atoms with Crippen molar-refractivity contribution in [3.05, 3.63) is 11.8 Å². The van der Waals surface area contributed by atoms with Crippen LogP contribution in [0.5, 0.6) is 0 Å². The lowest BCUT2D eigenvalue weighted by Crippen LogP contribution is -2.48. The van der Waals surface area contributed by atoms with E-state index in [1.165, 1.54) is 0 Å². The third kappa shape index (κ3) is 4.72. The molecular weight excluding hydrogens is 322 g/mol. The highest BCUT2D eigenvalue weighted by molar-refractivity contribution is 5.88. The molecule has 1 aromatic heterocycles. The van der Waals surface area contributed by atoms with Crippen LogP contribution in [0.1, 0.15) is 25.0 Å². The standard InChI is InChI=1S/C17H27N5O3/c1-13-11-15(19-25-13)18-17(24)22-5-3-14(4-6-22)12-16(23)21-9-7-20(2)8-10-21/h11,14H,3-10,12H2,1-2H3,(H,18,19,24). The molecule has 3 amide bonds. The van der Waals surface area contributed by atoms with Crippen LogP contribution >= 0.6 is 0 Å². The normalized spacial score (nSPS) is 19.9. The van der Waals surface area contributed by atoms with E-state index < -0.39 is 0 Å². The summed E-state index contributed by atoms with van der Waals surface area (Å²) in [5.41, 5.74) is 0. The summed E-state index contributed by atoms with van der Waals surface area (Å²) in [6.45, 7) is 6.68. The number of anilines is 1. The van der Waals surface area contributed by atoms with E-state index in [0.29, 0.717) is 37.0 Å². The van der Waals surface area contributed by atoms with Crippen molar-refractivity contribution in [1.29, 1.82) is 0 Å². The van der Waals surface area contributed by atoms with Crippen molar-refractivity contribution >= 4 is 17.8 Å². The van der Waals surface area contributed by atoms with Crippen molar-refractivity contribution < 1.29 is 14.1 Å². The van der Waals surface area contributed by atoms with Crippen LogP contribution in [0.15, 0.2) is 10.6 Å². The number of nitrogens with zero attached hydrogens (tertiary/aromatic N) is 4. The van der Waals surface area contributed by atoms with E-state index in [1.54, 1.807) is 17.9 Å². The molecule has 0 bridgehead atoms. The number of likely N-dealkylation sites (tertiary alicyclic amines) is 1. The first-order valence-electron chi connectivity index (χ1n) is 8.97. The van der Waals surface area contributed by atoms with Crippen LogP contribution in [0.25, 0.3) is 0 Å². The molecule has 138 valence electrons. The predicted molar refractivity (Wildman–Crippen MR) is 93.2 cm³/mol. The Morgan fingerprint density at radius 1 is 1.16 bits per heavy atom. The Balaban J connectivity index is 1.40. The number of aryl methyl sites for hydroxylation is 1. The second-order valence-corrected chi connectivity index (χ2v) is 7.07. The SMILES string of the molecule is Cc1cc(NC(=O)N2CCC(CC(=O)N3CCN(C)CC3)CC2)no1. The molecule has 2 fully saturated rings. The maximum Gasteiger partial charge on any atom is 0.323 e. The number of carbonyl (C=O) groups is 2. The topological polar surface area (TPSA) is 81.9 Å². The van der Waals surface area contributed by atoms with Gasteiger partial charge in [0.15, 0.2) is 5.82 Å². The van der Waals surface area contributed by atoms with E-state index >= 15 is 0 Å². The van der Waals surface area contributed by atoms with Gasteiger partial charge in [0.1, 0.15) is 5.76 Å². The molecule has 0 unspecified atom stereocenters. The van der Waals surface area contributed by atoms with Crippen LogP contribution in [-0.4, -0.2) is 78.1 Å². The first kappa shape index (κ1) is 17.7. The van der Waals surface area contributed by atoms with Gasteiger partial charge in [0.2, 0.25) is 5.91 Å². The Kier molecular flexibility index (Phi) is 5.57. The summed E-state index contributed by atoms with van der Waals surface area (Å²) in [4.78, 5) is 30.7. The molecule has 0 atom stereocenters. The summed E-state index contributed by atoms with van der Waals surface area (Å²) in [5.74, 6) is 1.73. The summed E-state index contributed by atoms with van der Waals surface area (Å²) in [7, 11) is 2.09. The highest BCUT2D eigenvalue weighted by atomic mass is 16.5. The summed E-state index contributed by atoms with van der Waals surface area (Å²) in [6.07, 6.45) is 2.33.